The standard InChI is InChI=1S/C20H24F3N3O2/c1-5-8-15(6-2)16-9-7-10-17(18(16)28-4)26(20(21,22)23)19(27)25-13-11-24(3)12-14-25/h5-10H,1-2,11-14H2,3-4H3/b15-8+. The van der Waals surface area contributed by atoms with Crippen molar-refractivity contribution in [3.8, 4) is 5.75 Å². The van der Waals surface area contributed by atoms with Gasteiger partial charge < -0.3 is 14.5 Å². The van der Waals surface area contributed by atoms with E-state index in [0.717, 1.165) is 0 Å². The number of ether oxygens (including phenoxy) is 1. The second-order valence-corrected chi connectivity index (χ2v) is 6.30. The summed E-state index contributed by atoms with van der Waals surface area (Å²) in [5.74, 6) is -0.0599. The summed E-state index contributed by atoms with van der Waals surface area (Å²) >= 11 is 0. The summed E-state index contributed by atoms with van der Waals surface area (Å²) in [6.07, 6.45) is -0.318. The number of rotatable bonds is 5. The fraction of sp³-hybridized carbons (Fsp3) is 0.350. The van der Waals surface area contributed by atoms with E-state index in [1.807, 2.05) is 11.9 Å². The van der Waals surface area contributed by atoms with Crippen molar-refractivity contribution in [1.82, 2.24) is 9.80 Å². The number of carbonyl (C=O) groups is 1. The quantitative estimate of drug-likeness (QED) is 0.555. The molecule has 0 unspecified atom stereocenters. The first kappa shape index (κ1) is 21.6. The molecule has 0 aliphatic carbocycles. The number of halogens is 3. The third kappa shape index (κ3) is 4.56. The molecule has 0 atom stereocenters. The van der Waals surface area contributed by atoms with Crippen LogP contribution in [0.5, 0.6) is 5.75 Å². The van der Waals surface area contributed by atoms with Crippen molar-refractivity contribution in [2.24, 2.45) is 0 Å². The van der Waals surface area contributed by atoms with Crippen molar-refractivity contribution in [1.29, 1.82) is 0 Å². The van der Waals surface area contributed by atoms with E-state index >= 15 is 0 Å². The number of methoxy groups -OCH3 is 1. The van der Waals surface area contributed by atoms with E-state index < -0.39 is 12.3 Å². The molecule has 5 nitrogen and oxygen atoms in total. The average Bonchev–Trinajstić information content (AvgIpc) is 2.65. The van der Waals surface area contributed by atoms with Gasteiger partial charge in [-0.05, 0) is 18.7 Å². The predicted molar refractivity (Wildman–Crippen MR) is 104 cm³/mol. The van der Waals surface area contributed by atoms with Gasteiger partial charge >= 0.3 is 12.3 Å². The zero-order chi connectivity index (χ0) is 20.9. The van der Waals surface area contributed by atoms with Crippen LogP contribution >= 0.6 is 0 Å². The minimum absolute atomic E-state index is 0.0599. The molecular weight excluding hydrogens is 371 g/mol. The minimum atomic E-state index is -4.91. The van der Waals surface area contributed by atoms with Crippen molar-refractivity contribution in [2.45, 2.75) is 6.30 Å². The van der Waals surface area contributed by atoms with E-state index in [1.54, 1.807) is 12.1 Å². The third-order valence-electron chi connectivity index (χ3n) is 4.49. The third-order valence-corrected chi connectivity index (χ3v) is 4.49. The Morgan fingerprint density at radius 3 is 2.36 bits per heavy atom. The molecular formula is C20H24F3N3O2. The number of benzene rings is 1. The first-order valence-electron chi connectivity index (χ1n) is 8.71. The molecule has 28 heavy (non-hydrogen) atoms. The van der Waals surface area contributed by atoms with Crippen LogP contribution < -0.4 is 9.64 Å². The molecule has 0 N–H and O–H groups in total. The monoisotopic (exact) mass is 395 g/mol. The fourth-order valence-electron chi connectivity index (χ4n) is 3.02. The Morgan fingerprint density at radius 2 is 1.86 bits per heavy atom. The summed E-state index contributed by atoms with van der Waals surface area (Å²) in [4.78, 5) is 15.8. The lowest BCUT2D eigenvalue weighted by Gasteiger charge is -2.37. The summed E-state index contributed by atoms with van der Waals surface area (Å²) in [5.41, 5.74) is 0.548. The highest BCUT2D eigenvalue weighted by atomic mass is 19.4. The Morgan fingerprint density at radius 1 is 1.21 bits per heavy atom. The molecule has 1 saturated heterocycles. The Bertz CT molecular complexity index is 766. The highest BCUT2D eigenvalue weighted by Crippen LogP contribution is 2.41. The normalized spacial score (nSPS) is 15.9. The van der Waals surface area contributed by atoms with Crippen LogP contribution in [0.25, 0.3) is 5.57 Å². The molecule has 1 heterocycles. The fourth-order valence-corrected chi connectivity index (χ4v) is 3.02. The number of allylic oxidation sites excluding steroid dienone is 4. The van der Waals surface area contributed by atoms with E-state index in [1.165, 1.54) is 36.3 Å². The zero-order valence-corrected chi connectivity index (χ0v) is 16.0. The van der Waals surface area contributed by atoms with Gasteiger partial charge in [0.15, 0.2) is 5.75 Å². The number of hydrogen-bond acceptors (Lipinski definition) is 3. The lowest BCUT2D eigenvalue weighted by molar-refractivity contribution is -0.123. The number of alkyl halides is 3. The number of likely N-dealkylation sites (N-methyl/N-ethyl adjacent to an activating group) is 1. The molecule has 0 aromatic heterocycles. The van der Waals surface area contributed by atoms with Gasteiger partial charge in [0.2, 0.25) is 0 Å². The van der Waals surface area contributed by atoms with Gasteiger partial charge in [-0.25, -0.2) is 4.79 Å². The van der Waals surface area contributed by atoms with Crippen LogP contribution in [0.1, 0.15) is 5.56 Å². The lowest BCUT2D eigenvalue weighted by atomic mass is 10.0. The van der Waals surface area contributed by atoms with Crippen LogP contribution in [0.15, 0.2) is 49.6 Å². The molecule has 2 rings (SSSR count). The molecule has 1 aromatic rings. The molecule has 0 radical (unpaired) electrons. The molecule has 8 heteroatoms. The van der Waals surface area contributed by atoms with E-state index in [4.69, 9.17) is 4.74 Å². The van der Waals surface area contributed by atoms with E-state index in [9.17, 15) is 18.0 Å². The summed E-state index contributed by atoms with van der Waals surface area (Å²) in [5, 5.41) is 0. The molecule has 1 aromatic carbocycles. The largest absolute Gasteiger partial charge is 0.494 e. The molecule has 0 bridgehead atoms. The second kappa shape index (κ2) is 8.97. The molecule has 1 fully saturated rings. The van der Waals surface area contributed by atoms with Crippen LogP contribution in [0, 0.1) is 0 Å². The van der Waals surface area contributed by atoms with Crippen molar-refractivity contribution in [3.63, 3.8) is 0 Å². The number of piperazine rings is 1. The lowest BCUT2D eigenvalue weighted by Crippen LogP contribution is -2.55. The van der Waals surface area contributed by atoms with Gasteiger partial charge in [0.05, 0.1) is 12.8 Å². The molecule has 2 amide bonds. The van der Waals surface area contributed by atoms with Crippen LogP contribution in [-0.4, -0.2) is 62.5 Å². The molecule has 1 aliphatic rings. The first-order valence-corrected chi connectivity index (χ1v) is 8.71. The summed E-state index contributed by atoms with van der Waals surface area (Å²) in [7, 11) is 3.13. The SMILES string of the molecule is C=C/C=C(\C=C)c1cccc(N(C(=O)N2CCN(C)CC2)C(F)(F)F)c1OC. The smallest absolute Gasteiger partial charge is 0.493 e. The number of para-hydroxylation sites is 1. The van der Waals surface area contributed by atoms with Crippen molar-refractivity contribution < 1.29 is 22.7 Å². The van der Waals surface area contributed by atoms with Crippen LogP contribution in [-0.2, 0) is 0 Å². The van der Waals surface area contributed by atoms with Crippen molar-refractivity contribution in [3.05, 3.63) is 55.1 Å². The zero-order valence-electron chi connectivity index (χ0n) is 16.0. The van der Waals surface area contributed by atoms with Crippen LogP contribution in [0.4, 0.5) is 23.7 Å². The maximum absolute atomic E-state index is 13.9. The average molecular weight is 395 g/mol. The Kier molecular flexibility index (Phi) is 6.90. The number of anilines is 1. The number of hydrogen-bond donors (Lipinski definition) is 0. The van der Waals surface area contributed by atoms with E-state index in [-0.39, 0.29) is 29.4 Å². The van der Waals surface area contributed by atoms with Gasteiger partial charge in [0.1, 0.15) is 0 Å². The molecule has 1 aliphatic heterocycles. The summed E-state index contributed by atoms with van der Waals surface area (Å²) in [6, 6.07) is 3.15. The number of carbonyl (C=O) groups excluding carboxylic acids is 1. The Balaban J connectivity index is 2.55. The van der Waals surface area contributed by atoms with Crippen molar-refractivity contribution in [2.75, 3.05) is 45.2 Å². The minimum Gasteiger partial charge on any atom is -0.494 e. The molecule has 0 spiro atoms. The maximum Gasteiger partial charge on any atom is 0.493 e. The number of amides is 2. The maximum atomic E-state index is 13.9. The van der Waals surface area contributed by atoms with E-state index in [2.05, 4.69) is 13.2 Å². The van der Waals surface area contributed by atoms with Gasteiger partial charge in [-0.2, -0.15) is 4.90 Å². The van der Waals surface area contributed by atoms with Gasteiger partial charge in [-0.1, -0.05) is 43.5 Å². The van der Waals surface area contributed by atoms with Gasteiger partial charge in [-0.3, -0.25) is 0 Å². The number of nitrogens with zero attached hydrogens (tertiary/aromatic N) is 3. The van der Waals surface area contributed by atoms with Gasteiger partial charge in [0.25, 0.3) is 0 Å². The predicted octanol–water partition coefficient (Wildman–Crippen LogP) is 4.14. The summed E-state index contributed by atoms with van der Waals surface area (Å²) in [6.45, 7) is 8.75. The Hall–Kier alpha value is -2.74. The van der Waals surface area contributed by atoms with Gasteiger partial charge in [0, 0.05) is 31.7 Å². The van der Waals surface area contributed by atoms with E-state index in [0.29, 0.717) is 24.2 Å². The summed E-state index contributed by atoms with van der Waals surface area (Å²) < 4.78 is 47.1. The second-order valence-electron chi connectivity index (χ2n) is 6.30. The highest BCUT2D eigenvalue weighted by Gasteiger charge is 2.46. The first-order chi connectivity index (χ1) is 13.2. The van der Waals surface area contributed by atoms with Crippen LogP contribution in [0.3, 0.4) is 0 Å². The molecule has 152 valence electrons. The van der Waals surface area contributed by atoms with Gasteiger partial charge in [-0.15, -0.1) is 13.2 Å². The highest BCUT2D eigenvalue weighted by molar-refractivity contribution is 5.96. The molecule has 0 saturated carbocycles. The van der Waals surface area contributed by atoms with Crippen LogP contribution in [0.2, 0.25) is 0 Å². The Labute approximate surface area is 163 Å². The number of urea groups is 1. The van der Waals surface area contributed by atoms with Crippen molar-refractivity contribution >= 4 is 17.3 Å². The topological polar surface area (TPSA) is 36.0 Å².